The second-order valence-corrected chi connectivity index (χ2v) is 7.80. The van der Waals surface area contributed by atoms with Gasteiger partial charge in [-0.25, -0.2) is 8.42 Å². The molecule has 0 bridgehead atoms. The molecule has 29 heavy (non-hydrogen) atoms. The Balaban J connectivity index is 2.30. The zero-order valence-electron chi connectivity index (χ0n) is 16.0. The molecule has 9 nitrogen and oxygen atoms in total. The van der Waals surface area contributed by atoms with Crippen molar-refractivity contribution in [1.82, 2.24) is 5.32 Å². The van der Waals surface area contributed by atoms with E-state index in [-0.39, 0.29) is 5.69 Å². The normalized spacial score (nSPS) is 11.1. The number of hydrogen-bond donors (Lipinski definition) is 1. The number of ether oxygens (including phenoxy) is 1. The molecule has 156 valence electrons. The SMILES string of the molecule is CCOCCCNC(=O)CN(c1ccccc1)S(=O)(=O)c1ccccc1[N+](=O)[O-]. The molecule has 10 heteroatoms. The Labute approximate surface area is 169 Å². The zero-order valence-corrected chi connectivity index (χ0v) is 16.8. The number of benzene rings is 2. The number of hydrogen-bond acceptors (Lipinski definition) is 6. The van der Waals surface area contributed by atoms with Crippen LogP contribution in [0.1, 0.15) is 13.3 Å². The summed E-state index contributed by atoms with van der Waals surface area (Å²) in [6.45, 7) is 2.74. The lowest BCUT2D eigenvalue weighted by molar-refractivity contribution is -0.387. The van der Waals surface area contributed by atoms with E-state index in [0.29, 0.717) is 26.2 Å². The van der Waals surface area contributed by atoms with Gasteiger partial charge in [0.05, 0.1) is 10.6 Å². The number of rotatable bonds is 11. The van der Waals surface area contributed by atoms with Crippen molar-refractivity contribution in [1.29, 1.82) is 0 Å². The summed E-state index contributed by atoms with van der Waals surface area (Å²) in [6, 6.07) is 13.0. The van der Waals surface area contributed by atoms with Crippen LogP contribution in [0.4, 0.5) is 11.4 Å². The molecular weight excluding hydrogens is 398 g/mol. The van der Waals surface area contributed by atoms with Crippen molar-refractivity contribution in [2.24, 2.45) is 0 Å². The Kier molecular flexibility index (Phi) is 8.10. The van der Waals surface area contributed by atoms with E-state index in [1.807, 2.05) is 6.92 Å². The predicted molar refractivity (Wildman–Crippen MR) is 108 cm³/mol. The Morgan fingerprint density at radius 2 is 1.79 bits per heavy atom. The fourth-order valence-electron chi connectivity index (χ4n) is 2.59. The minimum Gasteiger partial charge on any atom is -0.382 e. The van der Waals surface area contributed by atoms with Gasteiger partial charge in [-0.05, 0) is 31.5 Å². The van der Waals surface area contributed by atoms with Crippen LogP contribution in [0.5, 0.6) is 0 Å². The fraction of sp³-hybridized carbons (Fsp3) is 0.316. The summed E-state index contributed by atoms with van der Waals surface area (Å²) in [7, 11) is -4.36. The van der Waals surface area contributed by atoms with E-state index in [0.717, 1.165) is 16.4 Å². The molecule has 2 rings (SSSR count). The number of nitro groups is 1. The van der Waals surface area contributed by atoms with Gasteiger partial charge in [0.15, 0.2) is 4.90 Å². The number of carbonyl (C=O) groups is 1. The number of nitrogens with one attached hydrogen (secondary N) is 1. The van der Waals surface area contributed by atoms with E-state index < -0.39 is 38.0 Å². The Morgan fingerprint density at radius 1 is 1.14 bits per heavy atom. The topological polar surface area (TPSA) is 119 Å². The third-order valence-electron chi connectivity index (χ3n) is 3.95. The van der Waals surface area contributed by atoms with Crippen molar-refractivity contribution < 1.29 is 22.9 Å². The van der Waals surface area contributed by atoms with Crippen LogP contribution in [-0.4, -0.2) is 45.6 Å². The third-order valence-corrected chi connectivity index (χ3v) is 5.77. The van der Waals surface area contributed by atoms with Crippen LogP contribution in [0.25, 0.3) is 0 Å². The second-order valence-electron chi connectivity index (χ2n) is 5.97. The molecule has 1 amide bonds. The summed E-state index contributed by atoms with van der Waals surface area (Å²) in [5.41, 5.74) is -0.319. The number of carbonyl (C=O) groups excluding carboxylic acids is 1. The largest absolute Gasteiger partial charge is 0.382 e. The van der Waals surface area contributed by atoms with Crippen LogP contribution in [0, 0.1) is 10.1 Å². The van der Waals surface area contributed by atoms with Gasteiger partial charge >= 0.3 is 0 Å². The molecule has 0 saturated heterocycles. The minimum atomic E-state index is -4.36. The molecular formula is C19H23N3O6S. The van der Waals surface area contributed by atoms with Gasteiger partial charge in [0, 0.05) is 25.8 Å². The zero-order chi connectivity index (χ0) is 21.3. The maximum absolute atomic E-state index is 13.2. The first kappa shape index (κ1) is 22.3. The van der Waals surface area contributed by atoms with E-state index in [4.69, 9.17) is 4.74 Å². The first-order chi connectivity index (χ1) is 13.9. The number of amides is 1. The van der Waals surface area contributed by atoms with Crippen molar-refractivity contribution in [2.75, 3.05) is 30.6 Å². The van der Waals surface area contributed by atoms with Crippen LogP contribution in [-0.2, 0) is 19.6 Å². The number of anilines is 1. The number of nitrogens with zero attached hydrogens (tertiary/aromatic N) is 2. The molecule has 0 aromatic heterocycles. The third kappa shape index (κ3) is 6.00. The first-order valence-electron chi connectivity index (χ1n) is 9.03. The minimum absolute atomic E-state index is 0.232. The summed E-state index contributed by atoms with van der Waals surface area (Å²) in [5.74, 6) is -0.521. The standard InChI is InChI=1S/C19H23N3O6S/c1-2-28-14-8-13-20-19(23)15-21(16-9-4-3-5-10-16)29(26,27)18-12-7-6-11-17(18)22(24)25/h3-7,9-12H,2,8,13-15H2,1H3,(H,20,23). The van der Waals surface area contributed by atoms with Gasteiger partial charge in [0.25, 0.3) is 15.7 Å². The van der Waals surface area contributed by atoms with Crippen LogP contribution >= 0.6 is 0 Å². The molecule has 0 aliphatic rings. The van der Waals surface area contributed by atoms with Gasteiger partial charge in [-0.15, -0.1) is 0 Å². The second kappa shape index (κ2) is 10.5. The van der Waals surface area contributed by atoms with Crippen molar-refractivity contribution in [2.45, 2.75) is 18.2 Å². The maximum Gasteiger partial charge on any atom is 0.289 e. The number of para-hydroxylation sites is 2. The summed E-state index contributed by atoms with van der Waals surface area (Å²) >= 11 is 0. The summed E-state index contributed by atoms with van der Waals surface area (Å²) in [5, 5.41) is 14.0. The molecule has 0 unspecified atom stereocenters. The molecule has 0 saturated carbocycles. The smallest absolute Gasteiger partial charge is 0.289 e. The molecule has 0 heterocycles. The predicted octanol–water partition coefficient (Wildman–Crippen LogP) is 2.33. The Morgan fingerprint density at radius 3 is 2.45 bits per heavy atom. The van der Waals surface area contributed by atoms with Crippen LogP contribution in [0.15, 0.2) is 59.5 Å². The van der Waals surface area contributed by atoms with Crippen molar-refractivity contribution in [3.05, 3.63) is 64.7 Å². The van der Waals surface area contributed by atoms with Gasteiger partial charge in [-0.3, -0.25) is 19.2 Å². The highest BCUT2D eigenvalue weighted by Crippen LogP contribution is 2.29. The molecule has 2 aromatic rings. The highest BCUT2D eigenvalue weighted by atomic mass is 32.2. The number of sulfonamides is 1. The van der Waals surface area contributed by atoms with Gasteiger partial charge in [0.2, 0.25) is 5.91 Å². The van der Waals surface area contributed by atoms with E-state index >= 15 is 0 Å². The van der Waals surface area contributed by atoms with Crippen LogP contribution in [0.2, 0.25) is 0 Å². The quantitative estimate of drug-likeness (QED) is 0.338. The van der Waals surface area contributed by atoms with Gasteiger partial charge in [-0.2, -0.15) is 0 Å². The average molecular weight is 421 g/mol. The summed E-state index contributed by atoms with van der Waals surface area (Å²) < 4.78 is 32.5. The fourth-order valence-corrected chi connectivity index (χ4v) is 4.17. The summed E-state index contributed by atoms with van der Waals surface area (Å²) in [6.07, 6.45) is 0.585. The van der Waals surface area contributed by atoms with Crippen LogP contribution in [0.3, 0.4) is 0 Å². The van der Waals surface area contributed by atoms with Gasteiger partial charge in [0.1, 0.15) is 6.54 Å². The lowest BCUT2D eigenvalue weighted by Gasteiger charge is -2.24. The Hall–Kier alpha value is -2.98. The molecule has 0 aliphatic carbocycles. The molecule has 1 N–H and O–H groups in total. The van der Waals surface area contributed by atoms with Crippen molar-refractivity contribution in [3.63, 3.8) is 0 Å². The molecule has 0 radical (unpaired) electrons. The number of nitro benzene ring substituents is 1. The van der Waals surface area contributed by atoms with Gasteiger partial charge < -0.3 is 10.1 Å². The lowest BCUT2D eigenvalue weighted by atomic mass is 10.3. The lowest BCUT2D eigenvalue weighted by Crippen LogP contribution is -2.41. The van der Waals surface area contributed by atoms with Crippen LogP contribution < -0.4 is 9.62 Å². The van der Waals surface area contributed by atoms with E-state index in [2.05, 4.69) is 5.32 Å². The first-order valence-corrected chi connectivity index (χ1v) is 10.5. The monoisotopic (exact) mass is 421 g/mol. The molecule has 0 spiro atoms. The highest BCUT2D eigenvalue weighted by Gasteiger charge is 2.32. The van der Waals surface area contributed by atoms with Crippen molar-refractivity contribution >= 4 is 27.3 Å². The van der Waals surface area contributed by atoms with Crippen molar-refractivity contribution in [3.8, 4) is 0 Å². The molecule has 0 fully saturated rings. The van der Waals surface area contributed by atoms with E-state index in [1.54, 1.807) is 18.2 Å². The highest BCUT2D eigenvalue weighted by molar-refractivity contribution is 7.93. The summed E-state index contributed by atoms with van der Waals surface area (Å²) in [4.78, 5) is 22.4. The molecule has 0 aliphatic heterocycles. The maximum atomic E-state index is 13.2. The molecule has 2 aromatic carbocycles. The van der Waals surface area contributed by atoms with E-state index in [9.17, 15) is 23.3 Å². The Bertz CT molecular complexity index is 934. The molecule has 0 atom stereocenters. The van der Waals surface area contributed by atoms with E-state index in [1.165, 1.54) is 24.3 Å². The van der Waals surface area contributed by atoms with Gasteiger partial charge in [-0.1, -0.05) is 30.3 Å². The average Bonchev–Trinajstić information content (AvgIpc) is 2.72.